The van der Waals surface area contributed by atoms with Crippen LogP contribution < -0.4 is 10.1 Å². The van der Waals surface area contributed by atoms with Gasteiger partial charge in [-0.05, 0) is 48.5 Å². The van der Waals surface area contributed by atoms with Gasteiger partial charge in [0.25, 0.3) is 0 Å². The van der Waals surface area contributed by atoms with Crippen molar-refractivity contribution in [2.45, 2.75) is 11.8 Å². The fraction of sp³-hybridized carbons (Fsp3) is 0.167. The number of halogens is 2. The van der Waals surface area contributed by atoms with Gasteiger partial charge in [0, 0.05) is 22.2 Å². The minimum atomic E-state index is -0.107. The number of amides is 1. The van der Waals surface area contributed by atoms with Gasteiger partial charge >= 0.3 is 0 Å². The van der Waals surface area contributed by atoms with Crippen LogP contribution >= 0.6 is 39.3 Å². The second-order valence-electron chi connectivity index (χ2n) is 5.54. The topological polar surface area (TPSA) is 69.0 Å². The van der Waals surface area contributed by atoms with Crippen LogP contribution in [0.5, 0.6) is 5.75 Å². The lowest BCUT2D eigenvalue weighted by atomic mass is 10.3. The molecule has 0 aliphatic heterocycles. The molecule has 0 fully saturated rings. The number of hydrogen-bond acceptors (Lipinski definition) is 5. The summed E-state index contributed by atoms with van der Waals surface area (Å²) >= 11 is 10.5. The van der Waals surface area contributed by atoms with Gasteiger partial charge in [-0.15, -0.1) is 10.2 Å². The lowest BCUT2D eigenvalue weighted by Crippen LogP contribution is -2.14. The highest BCUT2D eigenvalue weighted by Gasteiger charge is 2.12. The van der Waals surface area contributed by atoms with E-state index in [0.29, 0.717) is 21.8 Å². The Morgan fingerprint density at radius 3 is 2.59 bits per heavy atom. The van der Waals surface area contributed by atoms with E-state index in [2.05, 4.69) is 31.4 Å². The lowest BCUT2D eigenvalue weighted by molar-refractivity contribution is -0.113. The quantitative estimate of drug-likeness (QED) is 0.517. The lowest BCUT2D eigenvalue weighted by Gasteiger charge is -2.07. The SMILES string of the molecule is Cn1c(COc2ccc(Cl)cc2)nnc1SCC(=O)Nc1ccc(Br)cc1. The molecule has 3 aromatic rings. The fourth-order valence-electron chi connectivity index (χ4n) is 2.14. The number of thioether (sulfide) groups is 1. The summed E-state index contributed by atoms with van der Waals surface area (Å²) in [6.07, 6.45) is 0. The number of rotatable bonds is 7. The Morgan fingerprint density at radius 1 is 1.19 bits per heavy atom. The molecule has 0 unspecified atom stereocenters. The summed E-state index contributed by atoms with van der Waals surface area (Å²) in [5.74, 6) is 1.50. The van der Waals surface area contributed by atoms with E-state index in [1.807, 2.05) is 35.9 Å². The maximum atomic E-state index is 12.1. The Balaban J connectivity index is 1.51. The molecule has 0 spiro atoms. The molecule has 0 aliphatic rings. The van der Waals surface area contributed by atoms with Crippen LogP contribution in [0.3, 0.4) is 0 Å². The van der Waals surface area contributed by atoms with E-state index in [4.69, 9.17) is 16.3 Å². The number of nitrogens with zero attached hydrogens (tertiary/aromatic N) is 3. The van der Waals surface area contributed by atoms with Gasteiger partial charge in [-0.1, -0.05) is 39.3 Å². The Bertz CT molecular complexity index is 916. The first kappa shape index (κ1) is 19.7. The van der Waals surface area contributed by atoms with Crippen molar-refractivity contribution in [3.05, 3.63) is 63.9 Å². The zero-order chi connectivity index (χ0) is 19.2. The van der Waals surface area contributed by atoms with E-state index >= 15 is 0 Å². The summed E-state index contributed by atoms with van der Waals surface area (Å²) in [6, 6.07) is 14.5. The van der Waals surface area contributed by atoms with Crippen molar-refractivity contribution in [2.75, 3.05) is 11.1 Å². The molecule has 0 saturated heterocycles. The van der Waals surface area contributed by atoms with Crippen LogP contribution in [0.2, 0.25) is 5.02 Å². The van der Waals surface area contributed by atoms with E-state index in [9.17, 15) is 4.79 Å². The maximum Gasteiger partial charge on any atom is 0.234 e. The van der Waals surface area contributed by atoms with Gasteiger partial charge < -0.3 is 14.6 Å². The molecule has 6 nitrogen and oxygen atoms in total. The first-order chi connectivity index (χ1) is 13.0. The van der Waals surface area contributed by atoms with E-state index in [0.717, 1.165) is 10.2 Å². The highest BCUT2D eigenvalue weighted by molar-refractivity contribution is 9.10. The highest BCUT2D eigenvalue weighted by Crippen LogP contribution is 2.20. The van der Waals surface area contributed by atoms with Gasteiger partial charge in [0.15, 0.2) is 11.0 Å². The van der Waals surface area contributed by atoms with Crippen LogP contribution in [0.25, 0.3) is 0 Å². The third-order valence-corrected chi connectivity index (χ3v) is 5.37. The fourth-order valence-corrected chi connectivity index (χ4v) is 3.26. The number of aromatic nitrogens is 3. The van der Waals surface area contributed by atoms with Gasteiger partial charge in [0.2, 0.25) is 5.91 Å². The van der Waals surface area contributed by atoms with Crippen LogP contribution in [-0.2, 0) is 18.4 Å². The Labute approximate surface area is 174 Å². The average molecular weight is 468 g/mol. The van der Waals surface area contributed by atoms with Gasteiger partial charge in [0.1, 0.15) is 12.4 Å². The van der Waals surface area contributed by atoms with Crippen LogP contribution in [0.15, 0.2) is 58.2 Å². The normalized spacial score (nSPS) is 10.6. The Morgan fingerprint density at radius 2 is 1.89 bits per heavy atom. The molecular weight excluding hydrogens is 452 g/mol. The molecule has 1 aromatic heterocycles. The van der Waals surface area contributed by atoms with E-state index in [1.54, 1.807) is 24.3 Å². The molecule has 0 bridgehead atoms. The molecule has 0 saturated carbocycles. The second kappa shape index (κ2) is 9.25. The molecule has 0 aliphatic carbocycles. The molecule has 140 valence electrons. The molecule has 2 aromatic carbocycles. The van der Waals surface area contributed by atoms with Crippen LogP contribution in [-0.4, -0.2) is 26.4 Å². The molecule has 1 N–H and O–H groups in total. The molecule has 3 rings (SSSR count). The van der Waals surface area contributed by atoms with Crippen LogP contribution in [0.4, 0.5) is 5.69 Å². The molecule has 9 heteroatoms. The number of nitrogens with one attached hydrogen (secondary N) is 1. The molecule has 27 heavy (non-hydrogen) atoms. The van der Waals surface area contributed by atoms with Crippen molar-refractivity contribution in [3.8, 4) is 5.75 Å². The smallest absolute Gasteiger partial charge is 0.234 e. The van der Waals surface area contributed by atoms with Crippen molar-refractivity contribution >= 4 is 50.9 Å². The maximum absolute atomic E-state index is 12.1. The van der Waals surface area contributed by atoms with Crippen LogP contribution in [0, 0.1) is 0 Å². The predicted octanol–water partition coefficient (Wildman–Crippen LogP) is 4.54. The summed E-state index contributed by atoms with van der Waals surface area (Å²) in [6.45, 7) is 0.275. The van der Waals surface area contributed by atoms with Gasteiger partial charge in [0.05, 0.1) is 5.75 Å². The van der Waals surface area contributed by atoms with Crippen molar-refractivity contribution in [3.63, 3.8) is 0 Å². The summed E-state index contributed by atoms with van der Waals surface area (Å²) in [7, 11) is 1.84. The average Bonchev–Trinajstić information content (AvgIpc) is 3.01. The van der Waals surface area contributed by atoms with Crippen molar-refractivity contribution < 1.29 is 9.53 Å². The molecular formula is C18H16BrClN4O2S. The van der Waals surface area contributed by atoms with Crippen molar-refractivity contribution in [1.82, 2.24) is 14.8 Å². The third kappa shape index (κ3) is 5.72. The first-order valence-electron chi connectivity index (χ1n) is 7.96. The van der Waals surface area contributed by atoms with Crippen molar-refractivity contribution in [1.29, 1.82) is 0 Å². The first-order valence-corrected chi connectivity index (χ1v) is 10.1. The summed E-state index contributed by atoms with van der Waals surface area (Å²) < 4.78 is 8.45. The minimum absolute atomic E-state index is 0.107. The summed E-state index contributed by atoms with van der Waals surface area (Å²) in [5.41, 5.74) is 0.749. The zero-order valence-corrected chi connectivity index (χ0v) is 17.5. The van der Waals surface area contributed by atoms with E-state index < -0.39 is 0 Å². The second-order valence-corrected chi connectivity index (χ2v) is 7.84. The third-order valence-electron chi connectivity index (χ3n) is 3.57. The van der Waals surface area contributed by atoms with Gasteiger partial charge in [-0.25, -0.2) is 0 Å². The molecule has 0 atom stereocenters. The number of carbonyl (C=O) groups excluding carboxylic acids is 1. The van der Waals surface area contributed by atoms with Crippen LogP contribution in [0.1, 0.15) is 5.82 Å². The standard InChI is InChI=1S/C18H16BrClN4O2S/c1-24-16(10-26-15-8-4-13(20)5-9-15)22-23-18(24)27-11-17(25)21-14-6-2-12(19)3-7-14/h2-9H,10-11H2,1H3,(H,21,25). The number of ether oxygens (including phenoxy) is 1. The van der Waals surface area contributed by atoms with Gasteiger partial charge in [-0.3, -0.25) is 4.79 Å². The largest absolute Gasteiger partial charge is 0.486 e. The molecule has 1 heterocycles. The van der Waals surface area contributed by atoms with Gasteiger partial charge in [-0.2, -0.15) is 0 Å². The number of hydrogen-bond donors (Lipinski definition) is 1. The highest BCUT2D eigenvalue weighted by atomic mass is 79.9. The number of anilines is 1. The van der Waals surface area contributed by atoms with Crippen molar-refractivity contribution in [2.24, 2.45) is 7.05 Å². The number of carbonyl (C=O) groups is 1. The summed E-state index contributed by atoms with van der Waals surface area (Å²) in [4.78, 5) is 12.1. The molecule has 0 radical (unpaired) electrons. The Hall–Kier alpha value is -2.03. The minimum Gasteiger partial charge on any atom is -0.486 e. The van der Waals surface area contributed by atoms with E-state index in [-0.39, 0.29) is 18.3 Å². The predicted molar refractivity (Wildman–Crippen MR) is 110 cm³/mol. The monoisotopic (exact) mass is 466 g/mol. The van der Waals surface area contributed by atoms with E-state index in [1.165, 1.54) is 11.8 Å². The number of benzene rings is 2. The zero-order valence-electron chi connectivity index (χ0n) is 14.4. The summed E-state index contributed by atoms with van der Waals surface area (Å²) in [5, 5.41) is 12.4. The molecule has 1 amide bonds. The Kier molecular flexibility index (Phi) is 6.76.